The van der Waals surface area contributed by atoms with E-state index >= 15 is 0 Å². The first-order valence-corrected chi connectivity index (χ1v) is 8.23. The van der Waals surface area contributed by atoms with E-state index in [1.165, 1.54) is 0 Å². The van der Waals surface area contributed by atoms with Crippen LogP contribution in [0.1, 0.15) is 24.2 Å². The van der Waals surface area contributed by atoms with Crippen LogP contribution in [0.4, 0.5) is 0 Å². The fraction of sp³-hybridized carbons (Fsp3) is 0.222. The van der Waals surface area contributed by atoms with Crippen molar-refractivity contribution in [1.82, 2.24) is 4.57 Å². The molecule has 0 N–H and O–H groups in total. The van der Waals surface area contributed by atoms with E-state index in [2.05, 4.69) is 20.9 Å². The fourth-order valence-electron chi connectivity index (χ4n) is 2.40. The summed E-state index contributed by atoms with van der Waals surface area (Å²) in [5.74, 6) is 0.672. The van der Waals surface area contributed by atoms with Crippen LogP contribution in [0, 0.1) is 0 Å². The second-order valence-corrected chi connectivity index (χ2v) is 6.51. The molecule has 0 aliphatic carbocycles. The molecule has 4 nitrogen and oxygen atoms in total. The molecular formula is C18H17BrN2O2. The Labute approximate surface area is 143 Å². The molecule has 2 heterocycles. The van der Waals surface area contributed by atoms with E-state index < -0.39 is 0 Å². The predicted octanol–water partition coefficient (Wildman–Crippen LogP) is 3.68. The van der Waals surface area contributed by atoms with E-state index in [4.69, 9.17) is 4.74 Å². The number of hydrogen-bond donors (Lipinski definition) is 0. The van der Waals surface area contributed by atoms with Gasteiger partial charge in [0.05, 0.1) is 5.57 Å². The highest BCUT2D eigenvalue weighted by Crippen LogP contribution is 2.29. The van der Waals surface area contributed by atoms with Crippen LogP contribution in [0.5, 0.6) is 5.75 Å². The molecular weight excluding hydrogens is 356 g/mol. The van der Waals surface area contributed by atoms with E-state index in [1.807, 2.05) is 56.3 Å². The second kappa shape index (κ2) is 6.54. The van der Waals surface area contributed by atoms with Gasteiger partial charge < -0.3 is 4.74 Å². The summed E-state index contributed by atoms with van der Waals surface area (Å²) in [5.41, 5.74) is 2.15. The number of benzene rings is 1. The number of ether oxygens (including phenoxy) is 1. The smallest absolute Gasteiger partial charge is 0.262 e. The first-order chi connectivity index (χ1) is 11.0. The maximum absolute atomic E-state index is 12.8. The molecule has 1 aromatic carbocycles. The zero-order valence-electron chi connectivity index (χ0n) is 13.0. The Hall–Kier alpha value is -2.14. The minimum absolute atomic E-state index is 0.115. The third-order valence-corrected chi connectivity index (χ3v) is 3.90. The molecule has 23 heavy (non-hydrogen) atoms. The van der Waals surface area contributed by atoms with Gasteiger partial charge in [-0.3, -0.25) is 14.4 Å². The van der Waals surface area contributed by atoms with Crippen LogP contribution >= 0.6 is 15.9 Å². The molecule has 0 amide bonds. The van der Waals surface area contributed by atoms with Crippen molar-refractivity contribution >= 4 is 27.9 Å². The van der Waals surface area contributed by atoms with Gasteiger partial charge in [0.25, 0.3) is 5.91 Å². The van der Waals surface area contributed by atoms with E-state index in [-0.39, 0.29) is 18.6 Å². The van der Waals surface area contributed by atoms with Crippen molar-refractivity contribution < 1.29 is 9.53 Å². The van der Waals surface area contributed by atoms with E-state index in [0.29, 0.717) is 11.1 Å². The highest BCUT2D eigenvalue weighted by Gasteiger charge is 2.19. The van der Waals surface area contributed by atoms with Gasteiger partial charge in [0.15, 0.2) is 0 Å². The quantitative estimate of drug-likeness (QED) is 0.806. The Bertz CT molecular complexity index is 850. The third kappa shape index (κ3) is 3.45. The molecule has 0 radical (unpaired) electrons. The number of carbonyl (C=O) groups excluding carboxylic acids is 1. The topological polar surface area (TPSA) is 43.6 Å². The SMILES string of the molecule is CC(C)N=c1ccccn1C(=O)C1=Cc2cc(Br)ccc2OC1. The molecule has 1 aliphatic heterocycles. The Balaban J connectivity index is 2.03. The van der Waals surface area contributed by atoms with Crippen LogP contribution in [-0.2, 0) is 0 Å². The second-order valence-electron chi connectivity index (χ2n) is 5.60. The number of halogens is 1. The van der Waals surface area contributed by atoms with Gasteiger partial charge in [0.1, 0.15) is 17.8 Å². The molecule has 1 aromatic heterocycles. The molecule has 1 aliphatic rings. The van der Waals surface area contributed by atoms with Crippen LogP contribution in [0.3, 0.4) is 0 Å². The van der Waals surface area contributed by atoms with Crippen molar-refractivity contribution in [1.29, 1.82) is 0 Å². The zero-order chi connectivity index (χ0) is 16.4. The van der Waals surface area contributed by atoms with Crippen LogP contribution in [-0.4, -0.2) is 23.1 Å². The van der Waals surface area contributed by atoms with Gasteiger partial charge in [-0.15, -0.1) is 0 Å². The van der Waals surface area contributed by atoms with Gasteiger partial charge in [-0.05, 0) is 50.3 Å². The zero-order valence-corrected chi connectivity index (χ0v) is 14.6. The van der Waals surface area contributed by atoms with Crippen LogP contribution in [0.15, 0.2) is 57.6 Å². The Morgan fingerprint density at radius 3 is 2.91 bits per heavy atom. The summed E-state index contributed by atoms with van der Waals surface area (Å²) in [6.07, 6.45) is 3.62. The Kier molecular flexibility index (Phi) is 4.48. The number of fused-ring (bicyclic) bond motifs is 1. The highest BCUT2D eigenvalue weighted by atomic mass is 79.9. The number of hydrogen-bond acceptors (Lipinski definition) is 3. The van der Waals surface area contributed by atoms with Crippen molar-refractivity contribution in [3.63, 3.8) is 0 Å². The molecule has 0 saturated carbocycles. The summed E-state index contributed by atoms with van der Waals surface area (Å²) in [6, 6.07) is 11.4. The summed E-state index contributed by atoms with van der Waals surface area (Å²) in [5, 5.41) is 0. The largest absolute Gasteiger partial charge is 0.488 e. The first kappa shape index (κ1) is 15.7. The van der Waals surface area contributed by atoms with E-state index in [0.717, 1.165) is 15.8 Å². The van der Waals surface area contributed by atoms with Crippen LogP contribution in [0.25, 0.3) is 6.08 Å². The molecule has 0 unspecified atom stereocenters. The van der Waals surface area contributed by atoms with Gasteiger partial charge in [-0.2, -0.15) is 0 Å². The standard InChI is InChI=1S/C18H17BrN2O2/c1-12(2)20-17-5-3-4-8-21(17)18(22)14-9-13-10-15(19)6-7-16(13)23-11-14/h3-10,12H,11H2,1-2H3. The molecule has 0 bridgehead atoms. The van der Waals surface area contributed by atoms with Crippen molar-refractivity contribution in [2.24, 2.45) is 4.99 Å². The molecule has 3 rings (SSSR count). The normalized spacial score (nSPS) is 14.3. The van der Waals surface area contributed by atoms with E-state index in [1.54, 1.807) is 10.8 Å². The van der Waals surface area contributed by atoms with Crippen molar-refractivity contribution in [2.75, 3.05) is 6.61 Å². The number of pyridine rings is 1. The maximum Gasteiger partial charge on any atom is 0.262 e. The van der Waals surface area contributed by atoms with Crippen molar-refractivity contribution in [3.05, 3.63) is 63.7 Å². The Morgan fingerprint density at radius 2 is 2.13 bits per heavy atom. The summed E-state index contributed by atoms with van der Waals surface area (Å²) in [4.78, 5) is 17.3. The summed E-state index contributed by atoms with van der Waals surface area (Å²) < 4.78 is 8.22. The molecule has 2 aromatic rings. The molecule has 0 saturated heterocycles. The molecule has 0 spiro atoms. The minimum Gasteiger partial charge on any atom is -0.488 e. The summed E-state index contributed by atoms with van der Waals surface area (Å²) in [7, 11) is 0. The number of rotatable bonds is 2. The van der Waals surface area contributed by atoms with Gasteiger partial charge in [0, 0.05) is 22.3 Å². The number of aromatic nitrogens is 1. The lowest BCUT2D eigenvalue weighted by Crippen LogP contribution is -2.30. The van der Waals surface area contributed by atoms with Gasteiger partial charge in [-0.1, -0.05) is 22.0 Å². The molecule has 0 atom stereocenters. The minimum atomic E-state index is -0.115. The maximum atomic E-state index is 12.8. The fourth-order valence-corrected chi connectivity index (χ4v) is 2.78. The third-order valence-electron chi connectivity index (χ3n) is 3.41. The van der Waals surface area contributed by atoms with Gasteiger partial charge in [-0.25, -0.2) is 0 Å². The van der Waals surface area contributed by atoms with E-state index in [9.17, 15) is 4.79 Å². The molecule has 5 heteroatoms. The molecule has 0 fully saturated rings. The molecule has 118 valence electrons. The lowest BCUT2D eigenvalue weighted by molar-refractivity contribution is 0.0937. The first-order valence-electron chi connectivity index (χ1n) is 7.44. The van der Waals surface area contributed by atoms with Gasteiger partial charge in [0.2, 0.25) is 0 Å². The number of nitrogens with zero attached hydrogens (tertiary/aromatic N) is 2. The average Bonchev–Trinajstić information content (AvgIpc) is 2.53. The number of carbonyl (C=O) groups is 1. The van der Waals surface area contributed by atoms with Gasteiger partial charge >= 0.3 is 0 Å². The van der Waals surface area contributed by atoms with Crippen LogP contribution in [0.2, 0.25) is 0 Å². The summed E-state index contributed by atoms with van der Waals surface area (Å²) in [6.45, 7) is 4.23. The monoisotopic (exact) mass is 372 g/mol. The average molecular weight is 373 g/mol. The van der Waals surface area contributed by atoms with Crippen LogP contribution < -0.4 is 10.2 Å². The predicted molar refractivity (Wildman–Crippen MR) is 93.4 cm³/mol. The lowest BCUT2D eigenvalue weighted by Gasteiger charge is -2.18. The van der Waals surface area contributed by atoms with Crippen molar-refractivity contribution in [3.8, 4) is 5.75 Å². The lowest BCUT2D eigenvalue weighted by atomic mass is 10.1. The Morgan fingerprint density at radius 1 is 1.30 bits per heavy atom. The summed E-state index contributed by atoms with van der Waals surface area (Å²) >= 11 is 3.44. The van der Waals surface area contributed by atoms with Crippen molar-refractivity contribution in [2.45, 2.75) is 19.9 Å². The highest BCUT2D eigenvalue weighted by molar-refractivity contribution is 9.10.